The molecular formula is C12H17NO5S. The van der Waals surface area contributed by atoms with E-state index in [4.69, 9.17) is 9.84 Å². The van der Waals surface area contributed by atoms with Gasteiger partial charge in [0.1, 0.15) is 11.8 Å². The SMILES string of the molecule is CCOc1ccc(S(=O)(=O)N[C@@H](CC)C(=O)O)cc1. The summed E-state index contributed by atoms with van der Waals surface area (Å²) in [7, 11) is -3.83. The van der Waals surface area contributed by atoms with E-state index in [-0.39, 0.29) is 11.3 Å². The predicted molar refractivity (Wildman–Crippen MR) is 69.6 cm³/mol. The van der Waals surface area contributed by atoms with Gasteiger partial charge in [0, 0.05) is 0 Å². The highest BCUT2D eigenvalue weighted by Crippen LogP contribution is 2.16. The number of sulfonamides is 1. The van der Waals surface area contributed by atoms with Gasteiger partial charge in [-0.3, -0.25) is 4.79 Å². The number of benzene rings is 1. The van der Waals surface area contributed by atoms with E-state index in [9.17, 15) is 13.2 Å². The lowest BCUT2D eigenvalue weighted by Gasteiger charge is -2.13. The molecule has 0 unspecified atom stereocenters. The van der Waals surface area contributed by atoms with Crippen molar-refractivity contribution in [1.82, 2.24) is 4.72 Å². The van der Waals surface area contributed by atoms with Crippen LogP contribution in [0.25, 0.3) is 0 Å². The fourth-order valence-corrected chi connectivity index (χ4v) is 2.72. The molecule has 106 valence electrons. The number of ether oxygens (including phenoxy) is 1. The maximum absolute atomic E-state index is 12.0. The van der Waals surface area contributed by atoms with Crippen LogP contribution in [-0.4, -0.2) is 32.1 Å². The zero-order valence-electron chi connectivity index (χ0n) is 10.8. The van der Waals surface area contributed by atoms with Crippen LogP contribution in [0, 0.1) is 0 Å². The summed E-state index contributed by atoms with van der Waals surface area (Å²) in [5.74, 6) is -0.635. The monoisotopic (exact) mass is 287 g/mol. The van der Waals surface area contributed by atoms with Crippen LogP contribution >= 0.6 is 0 Å². The van der Waals surface area contributed by atoms with Crippen molar-refractivity contribution in [2.24, 2.45) is 0 Å². The number of aliphatic carboxylic acids is 1. The summed E-state index contributed by atoms with van der Waals surface area (Å²) < 4.78 is 31.3. The van der Waals surface area contributed by atoms with Crippen molar-refractivity contribution >= 4 is 16.0 Å². The number of carbonyl (C=O) groups is 1. The first-order chi connectivity index (χ1) is 8.90. The Bertz CT molecular complexity index is 524. The van der Waals surface area contributed by atoms with Gasteiger partial charge in [0.15, 0.2) is 0 Å². The van der Waals surface area contributed by atoms with Gasteiger partial charge in [-0.25, -0.2) is 8.42 Å². The Morgan fingerprint density at radius 1 is 1.32 bits per heavy atom. The second kappa shape index (κ2) is 6.53. The van der Waals surface area contributed by atoms with Gasteiger partial charge >= 0.3 is 5.97 Å². The minimum atomic E-state index is -3.83. The van der Waals surface area contributed by atoms with Crippen LogP contribution in [0.15, 0.2) is 29.2 Å². The second-order valence-electron chi connectivity index (χ2n) is 3.82. The van der Waals surface area contributed by atoms with E-state index in [1.165, 1.54) is 24.3 Å². The van der Waals surface area contributed by atoms with Crippen molar-refractivity contribution in [3.63, 3.8) is 0 Å². The quantitative estimate of drug-likeness (QED) is 0.786. The molecule has 1 rings (SSSR count). The lowest BCUT2D eigenvalue weighted by atomic mass is 10.2. The molecule has 1 aromatic carbocycles. The molecule has 0 saturated carbocycles. The Kier molecular flexibility index (Phi) is 5.31. The van der Waals surface area contributed by atoms with Crippen LogP contribution in [0.2, 0.25) is 0 Å². The molecule has 0 aliphatic rings. The first-order valence-electron chi connectivity index (χ1n) is 5.88. The number of carboxylic acid groups (broad SMARTS) is 1. The zero-order chi connectivity index (χ0) is 14.5. The third-order valence-corrected chi connectivity index (χ3v) is 3.94. The highest BCUT2D eigenvalue weighted by atomic mass is 32.2. The van der Waals surface area contributed by atoms with Crippen LogP contribution in [0.5, 0.6) is 5.75 Å². The Morgan fingerprint density at radius 2 is 1.89 bits per heavy atom. The van der Waals surface area contributed by atoms with E-state index in [1.54, 1.807) is 6.92 Å². The van der Waals surface area contributed by atoms with E-state index >= 15 is 0 Å². The molecule has 0 aromatic heterocycles. The molecule has 0 saturated heterocycles. The topological polar surface area (TPSA) is 92.7 Å². The zero-order valence-corrected chi connectivity index (χ0v) is 11.6. The van der Waals surface area contributed by atoms with E-state index in [2.05, 4.69) is 4.72 Å². The Balaban J connectivity index is 2.90. The van der Waals surface area contributed by atoms with Crippen LogP contribution in [0.4, 0.5) is 0 Å². The average Bonchev–Trinajstić information content (AvgIpc) is 2.37. The van der Waals surface area contributed by atoms with Crippen molar-refractivity contribution in [3.05, 3.63) is 24.3 Å². The highest BCUT2D eigenvalue weighted by Gasteiger charge is 2.23. The predicted octanol–water partition coefficient (Wildman–Crippen LogP) is 1.23. The van der Waals surface area contributed by atoms with E-state index in [0.29, 0.717) is 12.4 Å². The first kappa shape index (κ1) is 15.5. The highest BCUT2D eigenvalue weighted by molar-refractivity contribution is 7.89. The number of nitrogens with one attached hydrogen (secondary N) is 1. The van der Waals surface area contributed by atoms with Crippen molar-refractivity contribution in [3.8, 4) is 5.75 Å². The minimum absolute atomic E-state index is 0.00986. The lowest BCUT2D eigenvalue weighted by Crippen LogP contribution is -2.40. The molecule has 1 aromatic rings. The van der Waals surface area contributed by atoms with Gasteiger partial charge in [-0.1, -0.05) is 6.92 Å². The van der Waals surface area contributed by atoms with Gasteiger partial charge in [-0.05, 0) is 37.6 Å². The smallest absolute Gasteiger partial charge is 0.321 e. The van der Waals surface area contributed by atoms with E-state index < -0.39 is 22.0 Å². The minimum Gasteiger partial charge on any atom is -0.494 e. The number of rotatable bonds is 7. The van der Waals surface area contributed by atoms with Crippen LogP contribution in [0.3, 0.4) is 0 Å². The van der Waals surface area contributed by atoms with Gasteiger partial charge in [-0.15, -0.1) is 0 Å². The van der Waals surface area contributed by atoms with Gasteiger partial charge in [0.25, 0.3) is 0 Å². The third-order valence-electron chi connectivity index (χ3n) is 2.45. The Morgan fingerprint density at radius 3 is 2.32 bits per heavy atom. The summed E-state index contributed by atoms with van der Waals surface area (Å²) in [5, 5.41) is 8.85. The van der Waals surface area contributed by atoms with Crippen molar-refractivity contribution in [1.29, 1.82) is 0 Å². The number of carboxylic acids is 1. The summed E-state index contributed by atoms with van der Waals surface area (Å²) >= 11 is 0. The van der Waals surface area contributed by atoms with Gasteiger partial charge in [-0.2, -0.15) is 4.72 Å². The van der Waals surface area contributed by atoms with Crippen molar-refractivity contribution in [2.45, 2.75) is 31.2 Å². The summed E-state index contributed by atoms with van der Waals surface area (Å²) in [6, 6.07) is 4.68. The molecule has 0 aliphatic carbocycles. The number of hydrogen-bond acceptors (Lipinski definition) is 4. The summed E-state index contributed by atoms with van der Waals surface area (Å²) in [6.45, 7) is 3.91. The lowest BCUT2D eigenvalue weighted by molar-refractivity contribution is -0.139. The summed E-state index contributed by atoms with van der Waals surface area (Å²) in [6.07, 6.45) is 0.172. The second-order valence-corrected chi connectivity index (χ2v) is 5.54. The number of hydrogen-bond donors (Lipinski definition) is 2. The molecule has 6 nitrogen and oxygen atoms in total. The largest absolute Gasteiger partial charge is 0.494 e. The molecular weight excluding hydrogens is 270 g/mol. The van der Waals surface area contributed by atoms with E-state index in [0.717, 1.165) is 0 Å². The Labute approximate surface area is 112 Å². The maximum Gasteiger partial charge on any atom is 0.321 e. The standard InChI is InChI=1S/C12H17NO5S/c1-3-11(12(14)15)13-19(16,17)10-7-5-9(6-8-10)18-4-2/h5-8,11,13H,3-4H2,1-2H3,(H,14,15)/t11-/m0/s1. The fraction of sp³-hybridized carbons (Fsp3) is 0.417. The Hall–Kier alpha value is -1.60. The average molecular weight is 287 g/mol. The summed E-state index contributed by atoms with van der Waals surface area (Å²) in [5.41, 5.74) is 0. The van der Waals surface area contributed by atoms with Gasteiger partial charge in [0.05, 0.1) is 11.5 Å². The van der Waals surface area contributed by atoms with Crippen LogP contribution < -0.4 is 9.46 Å². The normalized spacial score (nSPS) is 12.9. The first-order valence-corrected chi connectivity index (χ1v) is 7.37. The van der Waals surface area contributed by atoms with Crippen molar-refractivity contribution < 1.29 is 23.1 Å². The maximum atomic E-state index is 12.0. The molecule has 19 heavy (non-hydrogen) atoms. The van der Waals surface area contributed by atoms with Gasteiger partial charge < -0.3 is 9.84 Å². The molecule has 0 amide bonds. The van der Waals surface area contributed by atoms with Crippen LogP contribution in [-0.2, 0) is 14.8 Å². The third kappa shape index (κ3) is 4.22. The molecule has 0 spiro atoms. The summed E-state index contributed by atoms with van der Waals surface area (Å²) in [4.78, 5) is 10.8. The molecule has 0 fully saturated rings. The fourth-order valence-electron chi connectivity index (χ4n) is 1.45. The molecule has 2 N–H and O–H groups in total. The molecule has 0 bridgehead atoms. The van der Waals surface area contributed by atoms with E-state index in [1.807, 2.05) is 6.92 Å². The molecule has 0 aliphatic heterocycles. The molecule has 1 atom stereocenters. The van der Waals surface area contributed by atoms with Gasteiger partial charge in [0.2, 0.25) is 10.0 Å². The molecule has 0 radical (unpaired) electrons. The molecule has 7 heteroatoms. The molecule has 0 heterocycles. The van der Waals surface area contributed by atoms with Crippen LogP contribution in [0.1, 0.15) is 20.3 Å². The van der Waals surface area contributed by atoms with Crippen molar-refractivity contribution in [2.75, 3.05) is 6.61 Å².